The van der Waals surface area contributed by atoms with Gasteiger partial charge >= 0.3 is 0 Å². The molecule has 2 N–H and O–H groups in total. The molecule has 3 heteroatoms. The molecule has 1 aliphatic heterocycles. The van der Waals surface area contributed by atoms with Gasteiger partial charge in [0.05, 0.1) is 13.2 Å². The highest BCUT2D eigenvalue weighted by Crippen LogP contribution is 2.40. The number of hydrogen-bond acceptors (Lipinski definition) is 3. The van der Waals surface area contributed by atoms with E-state index in [-0.39, 0.29) is 0 Å². The van der Waals surface area contributed by atoms with Crippen molar-refractivity contribution in [3.05, 3.63) is 29.8 Å². The Morgan fingerprint density at radius 3 is 2.76 bits per heavy atom. The smallest absolute Gasteiger partial charge is 0.123 e. The summed E-state index contributed by atoms with van der Waals surface area (Å²) in [5.74, 6) is 1.86. The number of hydrogen-bond donors (Lipinski definition) is 1. The van der Waals surface area contributed by atoms with Crippen molar-refractivity contribution in [2.24, 2.45) is 11.7 Å². The summed E-state index contributed by atoms with van der Waals surface area (Å²) in [6.07, 6.45) is 8.26. The molecular weight excluding hydrogens is 260 g/mol. The van der Waals surface area contributed by atoms with Crippen molar-refractivity contribution < 1.29 is 4.74 Å². The van der Waals surface area contributed by atoms with Crippen LogP contribution < -0.4 is 10.5 Å². The maximum absolute atomic E-state index is 6.18. The first-order valence-electron chi connectivity index (χ1n) is 8.44. The Kier molecular flexibility index (Phi) is 4.81. The predicted octanol–water partition coefficient (Wildman–Crippen LogP) is 3.35. The Balaban J connectivity index is 1.87. The van der Waals surface area contributed by atoms with E-state index in [2.05, 4.69) is 23.1 Å². The molecule has 1 aliphatic carbocycles. The number of likely N-dealkylation sites (tertiary alicyclic amines) is 1. The number of nitrogens with two attached hydrogens (primary N) is 1. The lowest BCUT2D eigenvalue weighted by molar-refractivity contribution is 0.0269. The third kappa shape index (κ3) is 2.95. The predicted molar refractivity (Wildman–Crippen MR) is 86.5 cm³/mol. The molecule has 2 aliphatic rings. The summed E-state index contributed by atoms with van der Waals surface area (Å²) < 4.78 is 5.57. The van der Waals surface area contributed by atoms with Gasteiger partial charge < -0.3 is 10.5 Å². The SMILES string of the molecule is COc1ccccc1C(CN)N1CCCC2CCCCC21. The summed E-state index contributed by atoms with van der Waals surface area (Å²) >= 11 is 0. The molecule has 0 radical (unpaired) electrons. The lowest BCUT2D eigenvalue weighted by Crippen LogP contribution is -2.50. The highest BCUT2D eigenvalue weighted by atomic mass is 16.5. The number of piperidine rings is 1. The molecule has 3 atom stereocenters. The van der Waals surface area contributed by atoms with Gasteiger partial charge in [-0.15, -0.1) is 0 Å². The maximum atomic E-state index is 6.18. The quantitative estimate of drug-likeness (QED) is 0.923. The topological polar surface area (TPSA) is 38.5 Å². The maximum Gasteiger partial charge on any atom is 0.123 e. The molecule has 2 fully saturated rings. The van der Waals surface area contributed by atoms with Gasteiger partial charge in [-0.2, -0.15) is 0 Å². The summed E-state index contributed by atoms with van der Waals surface area (Å²) in [7, 11) is 1.76. The first-order chi connectivity index (χ1) is 10.3. The van der Waals surface area contributed by atoms with E-state index in [0.717, 1.165) is 17.7 Å². The fourth-order valence-corrected chi connectivity index (χ4v) is 4.43. The van der Waals surface area contributed by atoms with E-state index in [1.165, 1.54) is 50.6 Å². The molecule has 3 unspecified atom stereocenters. The molecule has 0 bridgehead atoms. The summed E-state index contributed by atoms with van der Waals surface area (Å²) in [5, 5.41) is 0. The highest BCUT2D eigenvalue weighted by molar-refractivity contribution is 5.36. The minimum absolute atomic E-state index is 0.298. The van der Waals surface area contributed by atoms with Crippen LogP contribution >= 0.6 is 0 Å². The third-order valence-corrected chi connectivity index (χ3v) is 5.41. The van der Waals surface area contributed by atoms with Gasteiger partial charge in [0.2, 0.25) is 0 Å². The Morgan fingerprint density at radius 2 is 1.95 bits per heavy atom. The van der Waals surface area contributed by atoms with E-state index in [4.69, 9.17) is 10.5 Å². The van der Waals surface area contributed by atoms with Crippen molar-refractivity contribution in [2.75, 3.05) is 20.2 Å². The standard InChI is InChI=1S/C18H28N2O/c1-21-18-11-5-3-9-15(18)17(13-19)20-12-6-8-14-7-2-4-10-16(14)20/h3,5,9,11,14,16-17H,2,4,6-8,10,12-13,19H2,1H3. The first-order valence-corrected chi connectivity index (χ1v) is 8.44. The van der Waals surface area contributed by atoms with Gasteiger partial charge in [0.25, 0.3) is 0 Å². The van der Waals surface area contributed by atoms with Gasteiger partial charge in [-0.05, 0) is 44.2 Å². The summed E-state index contributed by atoms with van der Waals surface area (Å²) in [6, 6.07) is 9.40. The molecule has 116 valence electrons. The largest absolute Gasteiger partial charge is 0.496 e. The minimum atomic E-state index is 0.298. The fourth-order valence-electron chi connectivity index (χ4n) is 4.43. The molecule has 1 aromatic rings. The van der Waals surface area contributed by atoms with Gasteiger partial charge in [0, 0.05) is 18.2 Å². The van der Waals surface area contributed by atoms with Crippen LogP contribution in [-0.2, 0) is 0 Å². The van der Waals surface area contributed by atoms with Crippen LogP contribution in [0.3, 0.4) is 0 Å². The van der Waals surface area contributed by atoms with Crippen molar-refractivity contribution in [3.8, 4) is 5.75 Å². The molecule has 0 aromatic heterocycles. The number of rotatable bonds is 4. The number of ether oxygens (including phenoxy) is 1. The zero-order valence-corrected chi connectivity index (χ0v) is 13.1. The molecule has 1 saturated heterocycles. The average molecular weight is 288 g/mol. The molecule has 3 rings (SSSR count). The van der Waals surface area contributed by atoms with Crippen molar-refractivity contribution in [1.29, 1.82) is 0 Å². The van der Waals surface area contributed by atoms with Crippen LogP contribution in [0.25, 0.3) is 0 Å². The normalized spacial score (nSPS) is 27.9. The third-order valence-electron chi connectivity index (χ3n) is 5.41. The van der Waals surface area contributed by atoms with E-state index in [1.807, 2.05) is 6.07 Å². The average Bonchev–Trinajstić information content (AvgIpc) is 2.56. The van der Waals surface area contributed by atoms with E-state index in [9.17, 15) is 0 Å². The van der Waals surface area contributed by atoms with Gasteiger partial charge in [-0.1, -0.05) is 31.0 Å². The monoisotopic (exact) mass is 288 g/mol. The molecule has 1 saturated carbocycles. The Hall–Kier alpha value is -1.06. The second-order valence-electron chi connectivity index (χ2n) is 6.49. The Labute approximate surface area is 128 Å². The van der Waals surface area contributed by atoms with Crippen LogP contribution in [0, 0.1) is 5.92 Å². The van der Waals surface area contributed by atoms with E-state index in [1.54, 1.807) is 7.11 Å². The molecule has 0 amide bonds. The zero-order chi connectivity index (χ0) is 14.7. The highest BCUT2D eigenvalue weighted by Gasteiger charge is 2.37. The van der Waals surface area contributed by atoms with E-state index < -0.39 is 0 Å². The second-order valence-corrected chi connectivity index (χ2v) is 6.49. The number of para-hydroxylation sites is 1. The van der Waals surface area contributed by atoms with Crippen molar-refractivity contribution in [2.45, 2.75) is 50.6 Å². The van der Waals surface area contributed by atoms with E-state index in [0.29, 0.717) is 12.6 Å². The fraction of sp³-hybridized carbons (Fsp3) is 0.667. The minimum Gasteiger partial charge on any atom is -0.496 e. The van der Waals surface area contributed by atoms with E-state index >= 15 is 0 Å². The van der Waals surface area contributed by atoms with Gasteiger partial charge in [-0.3, -0.25) is 4.90 Å². The molecule has 1 aromatic carbocycles. The Bertz CT molecular complexity index is 460. The first kappa shape index (κ1) is 14.9. The van der Waals surface area contributed by atoms with Crippen LogP contribution in [0.2, 0.25) is 0 Å². The summed E-state index contributed by atoms with van der Waals surface area (Å²) in [6.45, 7) is 1.85. The summed E-state index contributed by atoms with van der Waals surface area (Å²) in [4.78, 5) is 2.69. The Morgan fingerprint density at radius 1 is 1.19 bits per heavy atom. The molecule has 1 heterocycles. The van der Waals surface area contributed by atoms with Crippen molar-refractivity contribution in [1.82, 2.24) is 4.90 Å². The van der Waals surface area contributed by atoms with Crippen LogP contribution in [0.5, 0.6) is 5.75 Å². The van der Waals surface area contributed by atoms with Crippen LogP contribution in [0.1, 0.15) is 50.1 Å². The lowest BCUT2D eigenvalue weighted by atomic mass is 9.77. The molecule has 3 nitrogen and oxygen atoms in total. The van der Waals surface area contributed by atoms with Crippen LogP contribution in [-0.4, -0.2) is 31.1 Å². The molecular formula is C18H28N2O. The molecule has 0 spiro atoms. The molecule has 21 heavy (non-hydrogen) atoms. The van der Waals surface area contributed by atoms with Gasteiger partial charge in [-0.25, -0.2) is 0 Å². The number of nitrogens with zero attached hydrogens (tertiary/aromatic N) is 1. The van der Waals surface area contributed by atoms with Crippen LogP contribution in [0.15, 0.2) is 24.3 Å². The lowest BCUT2D eigenvalue weighted by Gasteiger charge is -2.47. The second kappa shape index (κ2) is 6.80. The van der Waals surface area contributed by atoms with Crippen molar-refractivity contribution >= 4 is 0 Å². The number of benzene rings is 1. The zero-order valence-electron chi connectivity index (χ0n) is 13.1. The van der Waals surface area contributed by atoms with Crippen molar-refractivity contribution in [3.63, 3.8) is 0 Å². The van der Waals surface area contributed by atoms with Gasteiger partial charge in [0.15, 0.2) is 0 Å². The summed E-state index contributed by atoms with van der Waals surface area (Å²) in [5.41, 5.74) is 7.44. The van der Waals surface area contributed by atoms with Crippen LogP contribution in [0.4, 0.5) is 0 Å². The number of methoxy groups -OCH3 is 1. The van der Waals surface area contributed by atoms with Gasteiger partial charge in [0.1, 0.15) is 5.75 Å². The number of fused-ring (bicyclic) bond motifs is 1.